The molecule has 1 aliphatic carbocycles. The lowest BCUT2D eigenvalue weighted by atomic mass is 9.99. The number of hydrogen-bond donors (Lipinski definition) is 2. The second-order valence-corrected chi connectivity index (χ2v) is 7.38. The summed E-state index contributed by atoms with van der Waals surface area (Å²) in [6.07, 6.45) is 13.0. The van der Waals surface area contributed by atoms with Gasteiger partial charge in [-0.25, -0.2) is 9.97 Å². The van der Waals surface area contributed by atoms with Gasteiger partial charge in [0.2, 0.25) is 0 Å². The molecule has 4 aromatic rings. The van der Waals surface area contributed by atoms with Gasteiger partial charge in [-0.15, -0.1) is 0 Å². The van der Waals surface area contributed by atoms with Crippen LogP contribution in [0.15, 0.2) is 67.2 Å². The first kappa shape index (κ1) is 17.4. The van der Waals surface area contributed by atoms with Crippen molar-refractivity contribution in [2.45, 2.75) is 19.4 Å². The third kappa shape index (κ3) is 3.33. The monoisotopic (exact) mass is 382 g/mol. The smallest absolute Gasteiger partial charge is 0.161 e. The van der Waals surface area contributed by atoms with Crippen LogP contribution in [0.5, 0.6) is 0 Å². The summed E-state index contributed by atoms with van der Waals surface area (Å²) >= 11 is 0. The fraction of sp³-hybridized carbons (Fsp3) is 0.174. The van der Waals surface area contributed by atoms with E-state index >= 15 is 0 Å². The first-order valence-corrected chi connectivity index (χ1v) is 9.71. The van der Waals surface area contributed by atoms with Gasteiger partial charge in [-0.05, 0) is 42.5 Å². The van der Waals surface area contributed by atoms with E-state index in [0.29, 0.717) is 0 Å². The maximum atomic E-state index is 4.75. The highest BCUT2D eigenvalue weighted by atomic mass is 15.1. The molecule has 1 aromatic carbocycles. The van der Waals surface area contributed by atoms with E-state index in [1.807, 2.05) is 24.7 Å². The summed E-state index contributed by atoms with van der Waals surface area (Å²) in [6, 6.07) is 10.7. The van der Waals surface area contributed by atoms with E-state index in [1.54, 1.807) is 0 Å². The Hall–Kier alpha value is -3.67. The highest BCUT2D eigenvalue weighted by Gasteiger charge is 2.12. The van der Waals surface area contributed by atoms with Crippen molar-refractivity contribution >= 4 is 22.3 Å². The number of rotatable bonds is 4. The predicted molar refractivity (Wildman–Crippen MR) is 116 cm³/mol. The van der Waals surface area contributed by atoms with Gasteiger partial charge < -0.3 is 9.88 Å². The summed E-state index contributed by atoms with van der Waals surface area (Å²) in [5, 5.41) is 11.6. The Morgan fingerprint density at radius 3 is 2.90 bits per heavy atom. The molecule has 0 fully saturated rings. The van der Waals surface area contributed by atoms with E-state index in [2.05, 4.69) is 81.5 Å². The molecule has 3 aromatic heterocycles. The molecule has 0 bridgehead atoms. The largest absolute Gasteiger partial charge is 0.363 e. The number of benzene rings is 1. The van der Waals surface area contributed by atoms with Crippen LogP contribution in [0.2, 0.25) is 0 Å². The summed E-state index contributed by atoms with van der Waals surface area (Å²) in [5.74, 6) is 1.55. The fourth-order valence-corrected chi connectivity index (χ4v) is 3.73. The summed E-state index contributed by atoms with van der Waals surface area (Å²) in [4.78, 5) is 9.24. The van der Waals surface area contributed by atoms with Crippen LogP contribution >= 0.6 is 0 Å². The Morgan fingerprint density at radius 1 is 1.17 bits per heavy atom. The van der Waals surface area contributed by atoms with Crippen molar-refractivity contribution in [1.82, 2.24) is 24.7 Å². The van der Waals surface area contributed by atoms with E-state index in [9.17, 15) is 0 Å². The number of fused-ring (bicyclic) bond motifs is 1. The van der Waals surface area contributed by atoms with Crippen LogP contribution in [0.1, 0.15) is 17.7 Å². The number of nitrogens with one attached hydrogen (secondary N) is 2. The summed E-state index contributed by atoms with van der Waals surface area (Å²) in [5.41, 5.74) is 5.74. The fourth-order valence-electron chi connectivity index (χ4n) is 3.73. The van der Waals surface area contributed by atoms with Gasteiger partial charge in [-0.3, -0.25) is 5.10 Å². The van der Waals surface area contributed by atoms with E-state index in [-0.39, 0.29) is 6.04 Å². The zero-order valence-corrected chi connectivity index (χ0v) is 16.4. The van der Waals surface area contributed by atoms with Gasteiger partial charge in [0.25, 0.3) is 0 Å². The molecule has 0 radical (unpaired) electrons. The molecule has 0 aliphatic heterocycles. The van der Waals surface area contributed by atoms with Crippen LogP contribution in [-0.4, -0.2) is 30.8 Å². The zero-order valence-electron chi connectivity index (χ0n) is 16.4. The Labute approximate surface area is 169 Å². The number of allylic oxidation sites excluding steroid dienone is 2. The average Bonchev–Trinajstić information content (AvgIpc) is 3.38. The quantitative estimate of drug-likeness (QED) is 0.545. The topological polar surface area (TPSA) is 71.4 Å². The molecule has 6 nitrogen and oxygen atoms in total. The minimum absolute atomic E-state index is 0.200. The number of hydrogen-bond acceptors (Lipinski definition) is 4. The first-order chi connectivity index (χ1) is 14.2. The van der Waals surface area contributed by atoms with Crippen molar-refractivity contribution in [2.24, 2.45) is 7.05 Å². The maximum Gasteiger partial charge on any atom is 0.161 e. The van der Waals surface area contributed by atoms with Crippen molar-refractivity contribution in [2.75, 3.05) is 5.32 Å². The molecule has 1 unspecified atom stereocenters. The summed E-state index contributed by atoms with van der Waals surface area (Å²) in [7, 11) is 2.08. The predicted octanol–water partition coefficient (Wildman–Crippen LogP) is 4.49. The Morgan fingerprint density at radius 2 is 2.10 bits per heavy atom. The van der Waals surface area contributed by atoms with E-state index in [1.165, 1.54) is 22.2 Å². The second kappa shape index (κ2) is 7.05. The van der Waals surface area contributed by atoms with Gasteiger partial charge in [0, 0.05) is 47.8 Å². The number of nitrogens with zero attached hydrogens (tertiary/aromatic N) is 4. The maximum absolute atomic E-state index is 4.75. The van der Waals surface area contributed by atoms with Crippen LogP contribution in [-0.2, 0) is 7.05 Å². The van der Waals surface area contributed by atoms with Crippen LogP contribution in [0.25, 0.3) is 27.9 Å². The van der Waals surface area contributed by atoms with Crippen molar-refractivity contribution in [3.8, 4) is 11.4 Å². The zero-order chi connectivity index (χ0) is 19.8. The highest BCUT2D eigenvalue weighted by molar-refractivity contribution is 5.85. The van der Waals surface area contributed by atoms with E-state index < -0.39 is 0 Å². The molecular weight excluding hydrogens is 360 g/mol. The molecular formula is C23H22N6. The molecule has 6 heteroatoms. The number of anilines is 1. The molecule has 0 saturated carbocycles. The Balaban J connectivity index is 1.36. The van der Waals surface area contributed by atoms with Crippen LogP contribution in [0.4, 0.5) is 5.82 Å². The van der Waals surface area contributed by atoms with Crippen molar-refractivity contribution in [3.05, 3.63) is 78.4 Å². The van der Waals surface area contributed by atoms with E-state index in [0.717, 1.165) is 29.2 Å². The second-order valence-electron chi connectivity index (χ2n) is 7.38. The van der Waals surface area contributed by atoms with Crippen LogP contribution in [0, 0.1) is 6.92 Å². The van der Waals surface area contributed by atoms with Crippen molar-refractivity contribution in [1.29, 1.82) is 0 Å². The van der Waals surface area contributed by atoms with Gasteiger partial charge >= 0.3 is 0 Å². The number of aromatic nitrogens is 5. The third-order valence-corrected chi connectivity index (χ3v) is 5.46. The normalized spacial score (nSPS) is 16.2. The molecule has 0 spiro atoms. The molecule has 5 rings (SSSR count). The van der Waals surface area contributed by atoms with Gasteiger partial charge in [0.15, 0.2) is 5.82 Å². The lowest BCUT2D eigenvalue weighted by Gasteiger charge is -2.18. The molecule has 2 N–H and O–H groups in total. The van der Waals surface area contributed by atoms with Gasteiger partial charge in [-0.1, -0.05) is 30.4 Å². The summed E-state index contributed by atoms with van der Waals surface area (Å²) in [6.45, 7) is 2.12. The standard InChI is InChI=1S/C23H22N6/c1-15-11-17-3-4-18(12-21(17)29(15)2)23-24-10-9-22(28-23)27-20-7-5-16(6-8-20)19-13-25-26-14-19/h3-7,9-14,20H,8H2,1-2H3,(H,25,26)(H,24,27,28). The van der Waals surface area contributed by atoms with Gasteiger partial charge in [0.1, 0.15) is 5.82 Å². The third-order valence-electron chi connectivity index (χ3n) is 5.46. The molecule has 1 aliphatic rings. The minimum Gasteiger partial charge on any atom is -0.363 e. The highest BCUT2D eigenvalue weighted by Crippen LogP contribution is 2.26. The molecule has 3 heterocycles. The SMILES string of the molecule is Cc1cc2ccc(-c3nccc(NC4C=CC(c5cn[nH]c5)=CC4)n3)cc2n1C. The number of aryl methyl sites for hydroxylation is 2. The van der Waals surface area contributed by atoms with Gasteiger partial charge in [-0.2, -0.15) is 5.10 Å². The minimum atomic E-state index is 0.200. The molecule has 0 amide bonds. The number of H-pyrrole nitrogens is 1. The lowest BCUT2D eigenvalue weighted by molar-refractivity contribution is 0.875. The van der Waals surface area contributed by atoms with Crippen LogP contribution < -0.4 is 5.32 Å². The van der Waals surface area contributed by atoms with Crippen molar-refractivity contribution < 1.29 is 0 Å². The van der Waals surface area contributed by atoms with Gasteiger partial charge in [0.05, 0.1) is 6.20 Å². The number of aromatic amines is 1. The first-order valence-electron chi connectivity index (χ1n) is 9.71. The van der Waals surface area contributed by atoms with Crippen molar-refractivity contribution in [3.63, 3.8) is 0 Å². The molecule has 1 atom stereocenters. The Kier molecular flexibility index (Phi) is 4.24. The van der Waals surface area contributed by atoms with E-state index in [4.69, 9.17) is 4.98 Å². The molecule has 144 valence electrons. The molecule has 0 saturated heterocycles. The summed E-state index contributed by atoms with van der Waals surface area (Å²) < 4.78 is 2.19. The van der Waals surface area contributed by atoms with Crippen LogP contribution in [0.3, 0.4) is 0 Å². The Bertz CT molecular complexity index is 1230. The lowest BCUT2D eigenvalue weighted by Crippen LogP contribution is -2.18. The average molecular weight is 382 g/mol. The molecule has 29 heavy (non-hydrogen) atoms.